The van der Waals surface area contributed by atoms with E-state index in [9.17, 15) is 0 Å². The van der Waals surface area contributed by atoms with E-state index in [1.807, 2.05) is 36.5 Å². The van der Waals surface area contributed by atoms with E-state index in [4.69, 9.17) is 0 Å². The number of hydrogen-bond acceptors (Lipinski definition) is 1. The van der Waals surface area contributed by atoms with Crippen LogP contribution in [0.3, 0.4) is 0 Å². The first-order valence-corrected chi connectivity index (χ1v) is 4.46. The average molecular weight is 374 g/mol. The van der Waals surface area contributed by atoms with E-state index in [2.05, 4.69) is 16.1 Å². The number of nitrogens with zero attached hydrogens (tertiary/aromatic N) is 3. The predicted octanol–water partition coefficient (Wildman–Crippen LogP) is 1.98. The van der Waals surface area contributed by atoms with Crippen LogP contribution in [0.1, 0.15) is 0 Å². The van der Waals surface area contributed by atoms with Gasteiger partial charge >= 0.3 is 0 Å². The van der Waals surface area contributed by atoms with Gasteiger partial charge in [0.05, 0.1) is 0 Å². The molecule has 1 aromatic carbocycles. The molecule has 2 aromatic heterocycles. The fourth-order valence-corrected chi connectivity index (χ4v) is 1.53. The summed E-state index contributed by atoms with van der Waals surface area (Å²) in [6.45, 7) is 0. The van der Waals surface area contributed by atoms with Gasteiger partial charge in [0, 0.05) is 26.3 Å². The standard InChI is InChI=1S/C11H8N3.Ir/c1-2-5-10-9(4-1)8-11(13-10)14-7-3-6-12-14;/h1-8H;/q-1;. The van der Waals surface area contributed by atoms with Crippen LogP contribution in [0.5, 0.6) is 0 Å². The summed E-state index contributed by atoms with van der Waals surface area (Å²) in [5.41, 5.74) is 1.01. The molecule has 0 N–H and O–H groups in total. The molecular weight excluding hydrogens is 366 g/mol. The van der Waals surface area contributed by atoms with Crippen LogP contribution in [0, 0.1) is 0 Å². The van der Waals surface area contributed by atoms with Gasteiger partial charge in [-0.15, -0.1) is 0 Å². The Morgan fingerprint density at radius 3 is 2.73 bits per heavy atom. The Bertz CT molecular complexity index is 521. The van der Waals surface area contributed by atoms with Gasteiger partial charge in [-0.25, -0.2) is 0 Å². The van der Waals surface area contributed by atoms with Crippen LogP contribution in [-0.4, -0.2) is 9.78 Å². The molecule has 0 unspecified atom stereocenters. The topological polar surface area (TPSA) is 31.9 Å². The zero-order valence-electron chi connectivity index (χ0n) is 7.79. The molecule has 3 nitrogen and oxygen atoms in total. The maximum Gasteiger partial charge on any atom is 0.0259 e. The Hall–Kier alpha value is -1.38. The summed E-state index contributed by atoms with van der Waals surface area (Å²) in [7, 11) is 0. The molecule has 0 bridgehead atoms. The van der Waals surface area contributed by atoms with Crippen LogP contribution in [0.15, 0.2) is 48.8 Å². The minimum atomic E-state index is 0. The molecule has 3 rings (SSSR count). The number of benzene rings is 1. The Morgan fingerprint density at radius 2 is 2.00 bits per heavy atom. The summed E-state index contributed by atoms with van der Waals surface area (Å²) in [4.78, 5) is 4.46. The summed E-state index contributed by atoms with van der Waals surface area (Å²) >= 11 is 0. The normalized spacial score (nSPS) is 10.1. The van der Waals surface area contributed by atoms with Crippen LogP contribution in [0.25, 0.3) is 16.7 Å². The van der Waals surface area contributed by atoms with E-state index in [-0.39, 0.29) is 20.1 Å². The van der Waals surface area contributed by atoms with Gasteiger partial charge in [-0.05, 0) is 22.8 Å². The number of aromatic nitrogens is 3. The van der Waals surface area contributed by atoms with E-state index in [0.29, 0.717) is 0 Å². The molecule has 3 aromatic rings. The molecular formula is C11H8IrN3-. The summed E-state index contributed by atoms with van der Waals surface area (Å²) in [5, 5.41) is 5.29. The van der Waals surface area contributed by atoms with Gasteiger partial charge in [-0.2, -0.15) is 0 Å². The van der Waals surface area contributed by atoms with Crippen LogP contribution in [0.4, 0.5) is 0 Å². The van der Waals surface area contributed by atoms with Crippen molar-refractivity contribution in [1.82, 2.24) is 14.8 Å². The van der Waals surface area contributed by atoms with Crippen LogP contribution < -0.4 is 4.98 Å². The molecule has 0 saturated heterocycles. The molecule has 0 fully saturated rings. The van der Waals surface area contributed by atoms with E-state index in [1.165, 1.54) is 0 Å². The number of hydrogen-bond donors (Lipinski definition) is 0. The molecule has 2 heterocycles. The molecule has 0 aliphatic rings. The average Bonchev–Trinajstić information content (AvgIpc) is 2.86. The first kappa shape index (κ1) is 10.1. The Labute approximate surface area is 100 Å². The molecule has 0 atom stereocenters. The molecule has 15 heavy (non-hydrogen) atoms. The Morgan fingerprint density at radius 1 is 1.13 bits per heavy atom. The SMILES string of the molecule is [Ir].c1ccc2[n-]c(-n3cccn3)cc2c1. The van der Waals surface area contributed by atoms with Crippen molar-refractivity contribution < 1.29 is 20.1 Å². The quantitative estimate of drug-likeness (QED) is 0.652. The third-order valence-corrected chi connectivity index (χ3v) is 2.20. The third-order valence-electron chi connectivity index (χ3n) is 2.20. The third kappa shape index (κ3) is 1.74. The minimum Gasteiger partial charge on any atom is -0.434 e. The molecule has 77 valence electrons. The van der Waals surface area contributed by atoms with Crippen molar-refractivity contribution in [3.05, 3.63) is 48.8 Å². The summed E-state index contributed by atoms with van der Waals surface area (Å²) < 4.78 is 1.76. The minimum absolute atomic E-state index is 0. The van der Waals surface area contributed by atoms with E-state index in [0.717, 1.165) is 16.7 Å². The van der Waals surface area contributed by atoms with Crippen LogP contribution >= 0.6 is 0 Å². The van der Waals surface area contributed by atoms with Gasteiger partial charge in [0.2, 0.25) is 0 Å². The first-order chi connectivity index (χ1) is 6.93. The molecule has 0 saturated carbocycles. The van der Waals surface area contributed by atoms with Crippen LogP contribution in [-0.2, 0) is 20.1 Å². The van der Waals surface area contributed by atoms with Gasteiger partial charge < -0.3 is 9.67 Å². The maximum atomic E-state index is 4.46. The molecule has 1 radical (unpaired) electrons. The predicted molar refractivity (Wildman–Crippen MR) is 54.4 cm³/mol. The van der Waals surface area contributed by atoms with Crippen molar-refractivity contribution in [2.45, 2.75) is 0 Å². The molecule has 0 aliphatic heterocycles. The number of rotatable bonds is 1. The fraction of sp³-hybridized carbons (Fsp3) is 0. The van der Waals surface area contributed by atoms with Gasteiger partial charge in [-0.1, -0.05) is 36.5 Å². The number of para-hydroxylation sites is 1. The first-order valence-electron chi connectivity index (χ1n) is 4.46. The second-order valence-corrected chi connectivity index (χ2v) is 3.12. The smallest absolute Gasteiger partial charge is 0.0259 e. The maximum absolute atomic E-state index is 4.46. The van der Waals surface area contributed by atoms with E-state index >= 15 is 0 Å². The molecule has 4 heteroatoms. The zero-order chi connectivity index (χ0) is 9.38. The van der Waals surface area contributed by atoms with Crippen molar-refractivity contribution in [1.29, 1.82) is 0 Å². The van der Waals surface area contributed by atoms with Gasteiger partial charge in [0.25, 0.3) is 0 Å². The second kappa shape index (κ2) is 4.01. The van der Waals surface area contributed by atoms with E-state index in [1.54, 1.807) is 10.9 Å². The zero-order valence-corrected chi connectivity index (χ0v) is 10.2. The summed E-state index contributed by atoms with van der Waals surface area (Å²) in [6, 6.07) is 12.0. The monoisotopic (exact) mass is 375 g/mol. The van der Waals surface area contributed by atoms with Gasteiger partial charge in [0.15, 0.2) is 0 Å². The van der Waals surface area contributed by atoms with Crippen molar-refractivity contribution in [2.24, 2.45) is 0 Å². The Balaban J connectivity index is 0.000000853. The molecule has 0 amide bonds. The largest absolute Gasteiger partial charge is 0.434 e. The van der Waals surface area contributed by atoms with Gasteiger partial charge in [-0.3, -0.25) is 5.10 Å². The van der Waals surface area contributed by atoms with Crippen molar-refractivity contribution in [3.8, 4) is 5.82 Å². The molecule has 0 aliphatic carbocycles. The number of fused-ring (bicyclic) bond motifs is 1. The second-order valence-electron chi connectivity index (χ2n) is 3.12. The molecule has 0 spiro atoms. The van der Waals surface area contributed by atoms with Crippen molar-refractivity contribution in [3.63, 3.8) is 0 Å². The Kier molecular flexibility index (Phi) is 2.71. The summed E-state index contributed by atoms with van der Waals surface area (Å²) in [5.74, 6) is 0.871. The van der Waals surface area contributed by atoms with Gasteiger partial charge in [0.1, 0.15) is 0 Å². The van der Waals surface area contributed by atoms with E-state index < -0.39 is 0 Å². The van der Waals surface area contributed by atoms with Crippen molar-refractivity contribution >= 4 is 10.9 Å². The fourth-order valence-electron chi connectivity index (χ4n) is 1.53. The summed E-state index contributed by atoms with van der Waals surface area (Å²) in [6.07, 6.45) is 3.64. The van der Waals surface area contributed by atoms with Crippen molar-refractivity contribution in [2.75, 3.05) is 0 Å². The van der Waals surface area contributed by atoms with Crippen LogP contribution in [0.2, 0.25) is 0 Å².